The first-order chi connectivity index (χ1) is 19.0. The van der Waals surface area contributed by atoms with Crippen LogP contribution >= 0.6 is 0 Å². The normalized spacial score (nSPS) is 14.1. The second kappa shape index (κ2) is 28.3. The monoisotopic (exact) mass is 544 g/mol. The fraction of sp³-hybridized carbons (Fsp3) is 0.576. The van der Waals surface area contributed by atoms with E-state index in [9.17, 15) is 19.8 Å². The van der Waals surface area contributed by atoms with E-state index in [1.165, 1.54) is 6.42 Å². The van der Waals surface area contributed by atoms with E-state index in [4.69, 9.17) is 9.47 Å². The van der Waals surface area contributed by atoms with E-state index in [0.717, 1.165) is 51.4 Å². The van der Waals surface area contributed by atoms with Crippen LogP contribution in [0.4, 0.5) is 0 Å². The lowest BCUT2D eigenvalue weighted by Gasteiger charge is -2.11. The molecule has 0 aromatic carbocycles. The number of carbonyl (C=O) groups is 2. The third-order valence-corrected chi connectivity index (χ3v) is 5.55. The summed E-state index contributed by atoms with van der Waals surface area (Å²) in [7, 11) is 0. The Morgan fingerprint density at radius 1 is 0.667 bits per heavy atom. The molecule has 0 aliphatic heterocycles. The molecule has 0 amide bonds. The number of ether oxygens (including phenoxy) is 2. The molecule has 0 saturated carbocycles. The van der Waals surface area contributed by atoms with Gasteiger partial charge in [-0.2, -0.15) is 0 Å². The molecule has 6 nitrogen and oxygen atoms in total. The second-order valence-corrected chi connectivity index (χ2v) is 9.34. The van der Waals surface area contributed by atoms with Crippen LogP contribution in [0.3, 0.4) is 0 Å². The number of unbranched alkanes of at least 4 members (excludes halogenated alkanes) is 4. The summed E-state index contributed by atoms with van der Waals surface area (Å²) in [5.74, 6) is -0.714. The predicted octanol–water partition coefficient (Wildman–Crippen LogP) is 7.24. The van der Waals surface area contributed by atoms with Crippen LogP contribution in [0.5, 0.6) is 0 Å². The van der Waals surface area contributed by atoms with Gasteiger partial charge < -0.3 is 19.7 Å². The highest BCUT2D eigenvalue weighted by Crippen LogP contribution is 2.06. The Balaban J connectivity index is 3.77. The molecular formula is C33H52O6. The van der Waals surface area contributed by atoms with Gasteiger partial charge in [0.25, 0.3) is 0 Å². The van der Waals surface area contributed by atoms with Crippen molar-refractivity contribution >= 4 is 11.9 Å². The van der Waals surface area contributed by atoms with Crippen molar-refractivity contribution in [2.45, 2.75) is 110 Å². The van der Waals surface area contributed by atoms with Crippen LogP contribution in [0, 0.1) is 0 Å². The Bertz CT molecular complexity index is 775. The number of carbonyl (C=O) groups excluding carboxylic acids is 2. The molecule has 0 radical (unpaired) electrons. The minimum atomic E-state index is -1.01. The number of aliphatic hydroxyl groups excluding tert-OH is 2. The first kappa shape index (κ1) is 36.3. The highest BCUT2D eigenvalue weighted by Gasteiger charge is 2.11. The molecule has 0 aliphatic rings. The molecule has 0 fully saturated rings. The van der Waals surface area contributed by atoms with Gasteiger partial charge in [0.15, 0.2) is 0 Å². The molecule has 0 spiro atoms. The van der Waals surface area contributed by atoms with Crippen molar-refractivity contribution in [2.24, 2.45) is 0 Å². The maximum Gasteiger partial charge on any atom is 0.306 e. The molecule has 0 saturated heterocycles. The van der Waals surface area contributed by atoms with Crippen molar-refractivity contribution in [1.82, 2.24) is 0 Å². The summed E-state index contributed by atoms with van der Waals surface area (Å²) < 4.78 is 10.1. The summed E-state index contributed by atoms with van der Waals surface area (Å²) in [4.78, 5) is 23.4. The number of aliphatic hydroxyl groups is 2. The lowest BCUT2D eigenvalue weighted by atomic mass is 10.1. The van der Waals surface area contributed by atoms with Crippen LogP contribution in [-0.4, -0.2) is 47.6 Å². The standard InChI is InChI=1S/C33H52O6/c1-3-5-7-9-17-20-24-30(34)25-21-18-14-12-10-11-13-15-19-23-27-33(37)39-29-31(35)28-38-32(36)26-22-16-8-6-4-2/h5,7,10-11,14-15,17-21,25,30-31,34-35H,3-4,6,8-9,12-13,16,22-24,26-29H2,1-2H3/b7-5-,11-10-,18-14-,19-15-,20-17-,25-21+/t30?,31-/m1/s1. The zero-order valence-corrected chi connectivity index (χ0v) is 24.2. The molecule has 0 aromatic heterocycles. The summed E-state index contributed by atoms with van der Waals surface area (Å²) in [6.45, 7) is 3.92. The van der Waals surface area contributed by atoms with Crippen molar-refractivity contribution < 1.29 is 29.3 Å². The number of hydrogen-bond donors (Lipinski definition) is 2. The maximum absolute atomic E-state index is 11.8. The molecule has 0 aromatic rings. The number of rotatable bonds is 24. The maximum atomic E-state index is 11.8. The van der Waals surface area contributed by atoms with E-state index in [1.807, 2.05) is 36.5 Å². The number of esters is 2. The summed E-state index contributed by atoms with van der Waals surface area (Å²) >= 11 is 0. The van der Waals surface area contributed by atoms with Gasteiger partial charge in [-0.05, 0) is 44.9 Å². The Kier molecular flexibility index (Phi) is 26.4. The van der Waals surface area contributed by atoms with Gasteiger partial charge in [0, 0.05) is 12.8 Å². The Morgan fingerprint density at radius 3 is 1.95 bits per heavy atom. The zero-order valence-electron chi connectivity index (χ0n) is 24.2. The van der Waals surface area contributed by atoms with Crippen LogP contribution < -0.4 is 0 Å². The predicted molar refractivity (Wildman–Crippen MR) is 160 cm³/mol. The quantitative estimate of drug-likeness (QED) is 0.0576. The molecule has 1 unspecified atom stereocenters. The Hall–Kier alpha value is -2.70. The summed E-state index contributed by atoms with van der Waals surface area (Å²) in [6.07, 6.45) is 33.0. The van der Waals surface area contributed by atoms with Gasteiger partial charge in [0.2, 0.25) is 0 Å². The second-order valence-electron chi connectivity index (χ2n) is 9.34. The minimum Gasteiger partial charge on any atom is -0.463 e. The van der Waals surface area contributed by atoms with Crippen LogP contribution in [0.15, 0.2) is 72.9 Å². The first-order valence-electron chi connectivity index (χ1n) is 14.6. The van der Waals surface area contributed by atoms with Gasteiger partial charge in [0.1, 0.15) is 19.3 Å². The number of hydrogen-bond acceptors (Lipinski definition) is 6. The molecule has 2 atom stereocenters. The van der Waals surface area contributed by atoms with Crippen LogP contribution in [-0.2, 0) is 19.1 Å². The lowest BCUT2D eigenvalue weighted by Crippen LogP contribution is -2.25. The van der Waals surface area contributed by atoms with Gasteiger partial charge in [-0.1, -0.05) is 112 Å². The molecule has 6 heteroatoms. The molecular weight excluding hydrogens is 492 g/mol. The van der Waals surface area contributed by atoms with E-state index in [0.29, 0.717) is 19.3 Å². The first-order valence-corrected chi connectivity index (χ1v) is 14.6. The number of allylic oxidation sites excluding steroid dienone is 10. The highest BCUT2D eigenvalue weighted by atomic mass is 16.6. The molecule has 0 aliphatic carbocycles. The van der Waals surface area contributed by atoms with Crippen molar-refractivity contribution in [2.75, 3.05) is 13.2 Å². The van der Waals surface area contributed by atoms with E-state index < -0.39 is 12.2 Å². The molecule has 0 rings (SSSR count). The van der Waals surface area contributed by atoms with Crippen LogP contribution in [0.2, 0.25) is 0 Å². The van der Waals surface area contributed by atoms with Gasteiger partial charge in [0.05, 0.1) is 6.10 Å². The van der Waals surface area contributed by atoms with E-state index in [1.54, 1.807) is 6.08 Å². The van der Waals surface area contributed by atoms with E-state index in [2.05, 4.69) is 44.2 Å². The van der Waals surface area contributed by atoms with Crippen molar-refractivity contribution in [3.8, 4) is 0 Å². The summed E-state index contributed by atoms with van der Waals surface area (Å²) in [5.41, 5.74) is 0. The van der Waals surface area contributed by atoms with Gasteiger partial charge >= 0.3 is 11.9 Å². The minimum absolute atomic E-state index is 0.157. The van der Waals surface area contributed by atoms with Crippen molar-refractivity contribution in [1.29, 1.82) is 0 Å². The van der Waals surface area contributed by atoms with Gasteiger partial charge in [-0.25, -0.2) is 0 Å². The summed E-state index contributed by atoms with van der Waals surface area (Å²) in [6, 6.07) is 0. The SMILES string of the molecule is CC/C=C\C/C=C\CC(O)/C=C/C=C\C/C=C\C/C=C\CCC(=O)OC[C@H](O)COC(=O)CCCCCCC. The molecule has 220 valence electrons. The molecule has 39 heavy (non-hydrogen) atoms. The smallest absolute Gasteiger partial charge is 0.306 e. The highest BCUT2D eigenvalue weighted by molar-refractivity contribution is 5.70. The Morgan fingerprint density at radius 2 is 1.26 bits per heavy atom. The third kappa shape index (κ3) is 28.1. The fourth-order valence-corrected chi connectivity index (χ4v) is 3.31. The van der Waals surface area contributed by atoms with Crippen LogP contribution in [0.1, 0.15) is 97.3 Å². The Labute approximate surface area is 236 Å². The van der Waals surface area contributed by atoms with Gasteiger partial charge in [-0.3, -0.25) is 9.59 Å². The van der Waals surface area contributed by atoms with E-state index in [-0.39, 0.29) is 31.6 Å². The lowest BCUT2D eigenvalue weighted by molar-refractivity contribution is -0.152. The zero-order chi connectivity index (χ0) is 28.8. The van der Waals surface area contributed by atoms with Crippen LogP contribution in [0.25, 0.3) is 0 Å². The third-order valence-electron chi connectivity index (χ3n) is 5.55. The van der Waals surface area contributed by atoms with E-state index >= 15 is 0 Å². The topological polar surface area (TPSA) is 93.1 Å². The fourth-order valence-electron chi connectivity index (χ4n) is 3.31. The summed E-state index contributed by atoms with van der Waals surface area (Å²) in [5, 5.41) is 19.7. The van der Waals surface area contributed by atoms with Gasteiger partial charge in [-0.15, -0.1) is 0 Å². The van der Waals surface area contributed by atoms with Crippen molar-refractivity contribution in [3.63, 3.8) is 0 Å². The van der Waals surface area contributed by atoms with Crippen molar-refractivity contribution in [3.05, 3.63) is 72.9 Å². The average Bonchev–Trinajstić information content (AvgIpc) is 2.93. The molecule has 0 bridgehead atoms. The molecule has 0 heterocycles. The average molecular weight is 545 g/mol. The molecule has 2 N–H and O–H groups in total. The largest absolute Gasteiger partial charge is 0.463 e.